The first-order valence-corrected chi connectivity index (χ1v) is 11.3. The van der Waals surface area contributed by atoms with Crippen molar-refractivity contribution >= 4 is 14.3 Å². The van der Waals surface area contributed by atoms with E-state index >= 15 is 0 Å². The summed E-state index contributed by atoms with van der Waals surface area (Å²) in [7, 11) is -1.64. The highest BCUT2D eigenvalue weighted by atomic mass is 28.4. The Morgan fingerprint density at radius 2 is 1.73 bits per heavy atom. The Bertz CT molecular complexity index is 363. The zero-order valence-corrected chi connectivity index (χ0v) is 16.0. The molecule has 2 aliphatic rings. The molecule has 130 valence electrons. The number of aliphatic carboxylic acids is 1. The van der Waals surface area contributed by atoms with Crippen molar-refractivity contribution in [1.82, 2.24) is 10.6 Å². The second-order valence-electron chi connectivity index (χ2n) is 7.91. The van der Waals surface area contributed by atoms with Crippen LogP contribution >= 0.6 is 0 Å². The number of carboxylic acid groups (broad SMARTS) is 1. The Morgan fingerprint density at radius 1 is 1.18 bits per heavy atom. The molecule has 1 heterocycles. The SMILES string of the molecule is CC(=O)O.CC(C)(C)[Si](C)(C)O[C@@H]1CCC[C@@H]2NCCN[C@@H]21. The van der Waals surface area contributed by atoms with E-state index in [2.05, 4.69) is 44.5 Å². The Hall–Kier alpha value is -0.433. The van der Waals surface area contributed by atoms with Gasteiger partial charge < -0.3 is 20.2 Å². The minimum atomic E-state index is -1.64. The summed E-state index contributed by atoms with van der Waals surface area (Å²) in [5, 5.41) is 15.1. The molecule has 2 fully saturated rings. The highest BCUT2D eigenvalue weighted by Gasteiger charge is 2.43. The normalized spacial score (nSPS) is 29.1. The summed E-state index contributed by atoms with van der Waals surface area (Å²) in [5.74, 6) is -0.833. The average molecular weight is 331 g/mol. The third-order valence-corrected chi connectivity index (χ3v) is 9.51. The van der Waals surface area contributed by atoms with Gasteiger partial charge in [-0.15, -0.1) is 0 Å². The molecule has 0 spiro atoms. The molecule has 0 radical (unpaired) electrons. The second-order valence-corrected chi connectivity index (χ2v) is 12.7. The number of piperazine rings is 1. The van der Waals surface area contributed by atoms with E-state index in [0.717, 1.165) is 20.0 Å². The topological polar surface area (TPSA) is 70.6 Å². The quantitative estimate of drug-likeness (QED) is 0.679. The van der Waals surface area contributed by atoms with E-state index in [1.165, 1.54) is 19.3 Å². The van der Waals surface area contributed by atoms with Crippen molar-refractivity contribution in [3.05, 3.63) is 0 Å². The van der Waals surface area contributed by atoms with E-state index in [1.807, 2.05) is 0 Å². The molecule has 0 aromatic carbocycles. The molecule has 1 aliphatic heterocycles. The minimum absolute atomic E-state index is 0.308. The van der Waals surface area contributed by atoms with Crippen LogP contribution in [0.2, 0.25) is 18.1 Å². The number of carboxylic acids is 1. The maximum Gasteiger partial charge on any atom is 0.300 e. The Labute approximate surface area is 136 Å². The fourth-order valence-electron chi connectivity index (χ4n) is 2.84. The van der Waals surface area contributed by atoms with Crippen molar-refractivity contribution < 1.29 is 14.3 Å². The molecule has 0 unspecified atom stereocenters. The summed E-state index contributed by atoms with van der Waals surface area (Å²) < 4.78 is 6.65. The van der Waals surface area contributed by atoms with Gasteiger partial charge in [0.15, 0.2) is 8.32 Å². The molecule has 3 atom stereocenters. The Kier molecular flexibility index (Phi) is 7.04. The van der Waals surface area contributed by atoms with E-state index in [4.69, 9.17) is 14.3 Å². The Balaban J connectivity index is 0.000000541. The fourth-order valence-corrected chi connectivity index (χ4v) is 4.22. The summed E-state index contributed by atoms with van der Waals surface area (Å²) in [6.45, 7) is 15.0. The van der Waals surface area contributed by atoms with Crippen LogP contribution in [0.5, 0.6) is 0 Å². The molecule has 22 heavy (non-hydrogen) atoms. The van der Waals surface area contributed by atoms with Gasteiger partial charge in [0.2, 0.25) is 0 Å². The van der Waals surface area contributed by atoms with E-state index in [9.17, 15) is 0 Å². The van der Waals surface area contributed by atoms with Crippen LogP contribution in [-0.4, -0.2) is 50.7 Å². The minimum Gasteiger partial charge on any atom is -0.481 e. The van der Waals surface area contributed by atoms with Crippen molar-refractivity contribution in [2.24, 2.45) is 0 Å². The predicted octanol–water partition coefficient (Wildman–Crippen LogP) is 2.58. The summed E-state index contributed by atoms with van der Waals surface area (Å²) in [6, 6.07) is 1.16. The lowest BCUT2D eigenvalue weighted by Crippen LogP contribution is -2.64. The third-order valence-electron chi connectivity index (χ3n) is 5.00. The molecule has 5 nitrogen and oxygen atoms in total. The summed E-state index contributed by atoms with van der Waals surface area (Å²) in [5.41, 5.74) is 0. The van der Waals surface area contributed by atoms with Crippen LogP contribution < -0.4 is 10.6 Å². The third kappa shape index (κ3) is 5.65. The van der Waals surface area contributed by atoms with E-state index in [1.54, 1.807) is 0 Å². The molecule has 1 saturated heterocycles. The Morgan fingerprint density at radius 3 is 2.27 bits per heavy atom. The maximum absolute atomic E-state index is 9.00. The second kappa shape index (κ2) is 7.90. The van der Waals surface area contributed by atoms with E-state index in [-0.39, 0.29) is 0 Å². The van der Waals surface area contributed by atoms with Crippen LogP contribution in [-0.2, 0) is 9.22 Å². The van der Waals surface area contributed by atoms with Crippen LogP contribution in [0.3, 0.4) is 0 Å². The van der Waals surface area contributed by atoms with Crippen LogP contribution in [0.1, 0.15) is 47.0 Å². The van der Waals surface area contributed by atoms with Crippen molar-refractivity contribution in [3.63, 3.8) is 0 Å². The van der Waals surface area contributed by atoms with Crippen molar-refractivity contribution in [2.45, 2.75) is 83.3 Å². The van der Waals surface area contributed by atoms with E-state index < -0.39 is 14.3 Å². The molecule has 1 saturated carbocycles. The van der Waals surface area contributed by atoms with Gasteiger partial charge in [-0.25, -0.2) is 0 Å². The lowest BCUT2D eigenvalue weighted by atomic mass is 9.87. The molecule has 0 bridgehead atoms. The molecule has 6 heteroatoms. The molecule has 3 N–H and O–H groups in total. The molecule has 0 amide bonds. The smallest absolute Gasteiger partial charge is 0.300 e. The summed E-state index contributed by atoms with van der Waals surface area (Å²) in [6.07, 6.45) is 4.24. The summed E-state index contributed by atoms with van der Waals surface area (Å²) >= 11 is 0. The number of carbonyl (C=O) groups is 1. The number of hydrogen-bond donors (Lipinski definition) is 3. The first kappa shape index (κ1) is 19.6. The van der Waals surface area contributed by atoms with Gasteiger partial charge in [0.05, 0.1) is 6.10 Å². The average Bonchev–Trinajstić information content (AvgIpc) is 2.37. The van der Waals surface area contributed by atoms with Gasteiger partial charge in [-0.2, -0.15) is 0 Å². The first-order chi connectivity index (χ1) is 10.0. The van der Waals surface area contributed by atoms with Gasteiger partial charge in [0, 0.05) is 32.1 Å². The standard InChI is InChI=1S/C14H30N2OSi.C2H4O2/c1-14(2,3)18(4,5)17-12-8-6-7-11-13(12)16-10-9-15-11;1-2(3)4/h11-13,15-16H,6-10H2,1-5H3;1H3,(H,3,4)/t11-,12+,13-;/m0./s1. The van der Waals surface area contributed by atoms with Gasteiger partial charge in [-0.3, -0.25) is 4.79 Å². The highest BCUT2D eigenvalue weighted by Crippen LogP contribution is 2.39. The van der Waals surface area contributed by atoms with Gasteiger partial charge in [-0.1, -0.05) is 20.8 Å². The highest BCUT2D eigenvalue weighted by molar-refractivity contribution is 6.74. The van der Waals surface area contributed by atoms with Crippen LogP contribution in [0.25, 0.3) is 0 Å². The summed E-state index contributed by atoms with van der Waals surface area (Å²) in [4.78, 5) is 9.00. The molecule has 0 aromatic heterocycles. The van der Waals surface area contributed by atoms with Crippen LogP contribution in [0.15, 0.2) is 0 Å². The monoisotopic (exact) mass is 330 g/mol. The number of hydrogen-bond acceptors (Lipinski definition) is 4. The lowest BCUT2D eigenvalue weighted by Gasteiger charge is -2.47. The van der Waals surface area contributed by atoms with Gasteiger partial charge in [0.25, 0.3) is 5.97 Å². The van der Waals surface area contributed by atoms with Crippen molar-refractivity contribution in [1.29, 1.82) is 0 Å². The molecule has 0 aromatic rings. The van der Waals surface area contributed by atoms with Crippen molar-refractivity contribution in [2.75, 3.05) is 13.1 Å². The number of fused-ring (bicyclic) bond motifs is 1. The van der Waals surface area contributed by atoms with Gasteiger partial charge in [-0.05, 0) is 37.4 Å². The zero-order chi connectivity index (χ0) is 17.0. The van der Waals surface area contributed by atoms with E-state index in [0.29, 0.717) is 23.2 Å². The zero-order valence-electron chi connectivity index (χ0n) is 15.0. The van der Waals surface area contributed by atoms with Crippen LogP contribution in [0, 0.1) is 0 Å². The molecular weight excluding hydrogens is 296 g/mol. The van der Waals surface area contributed by atoms with Crippen molar-refractivity contribution in [3.8, 4) is 0 Å². The molecular formula is C16H34N2O3Si. The maximum atomic E-state index is 9.00. The number of rotatable bonds is 2. The van der Waals surface area contributed by atoms with Gasteiger partial charge >= 0.3 is 0 Å². The molecule has 2 rings (SSSR count). The fraction of sp³-hybridized carbons (Fsp3) is 0.938. The molecule has 1 aliphatic carbocycles. The lowest BCUT2D eigenvalue weighted by molar-refractivity contribution is -0.134. The number of nitrogens with one attached hydrogen (secondary N) is 2. The van der Waals surface area contributed by atoms with Gasteiger partial charge in [0.1, 0.15) is 0 Å². The largest absolute Gasteiger partial charge is 0.481 e. The predicted molar refractivity (Wildman–Crippen MR) is 92.8 cm³/mol. The van der Waals surface area contributed by atoms with Crippen LogP contribution in [0.4, 0.5) is 0 Å². The first-order valence-electron chi connectivity index (χ1n) is 8.39.